The zero-order chi connectivity index (χ0) is 21.2. The van der Waals surface area contributed by atoms with E-state index in [1.165, 1.54) is 34.0 Å². The van der Waals surface area contributed by atoms with Crippen molar-refractivity contribution >= 4 is 17.6 Å². The molecule has 2 heterocycles. The van der Waals surface area contributed by atoms with Crippen LogP contribution in [0.5, 0.6) is 0 Å². The number of carbonyl (C=O) groups excluding carboxylic acids is 1. The third-order valence-electron chi connectivity index (χ3n) is 4.12. The molecule has 3 rings (SSSR count). The summed E-state index contributed by atoms with van der Waals surface area (Å²) in [6, 6.07) is 4.12. The van der Waals surface area contributed by atoms with Crippen molar-refractivity contribution in [1.29, 1.82) is 0 Å². The Hall–Kier alpha value is -3.63. The van der Waals surface area contributed by atoms with Gasteiger partial charge in [0.25, 0.3) is 0 Å². The number of halogens is 3. The molecule has 0 spiro atoms. The Morgan fingerprint density at radius 2 is 1.97 bits per heavy atom. The highest BCUT2D eigenvalue weighted by molar-refractivity contribution is 5.93. The van der Waals surface area contributed by atoms with Crippen LogP contribution in [0.15, 0.2) is 49.1 Å². The van der Waals surface area contributed by atoms with E-state index >= 15 is 0 Å². The van der Waals surface area contributed by atoms with E-state index in [4.69, 9.17) is 5.11 Å². The topological polar surface area (TPSA) is 102 Å². The second-order valence-electron chi connectivity index (χ2n) is 6.30. The van der Waals surface area contributed by atoms with Crippen LogP contribution in [-0.4, -0.2) is 36.5 Å². The molecule has 0 aliphatic carbocycles. The smallest absolute Gasteiger partial charge is 0.416 e. The van der Waals surface area contributed by atoms with Gasteiger partial charge in [0.2, 0.25) is 5.91 Å². The number of aromatic carboxylic acids is 1. The van der Waals surface area contributed by atoms with Crippen molar-refractivity contribution in [3.05, 3.63) is 65.7 Å². The lowest BCUT2D eigenvalue weighted by atomic mass is 10.1. The lowest BCUT2D eigenvalue weighted by Gasteiger charge is -2.11. The van der Waals surface area contributed by atoms with E-state index < -0.39 is 29.7 Å². The molecule has 8 nitrogen and oxygen atoms in total. The number of amides is 1. The summed E-state index contributed by atoms with van der Waals surface area (Å²) in [6.45, 7) is 1.64. The Bertz CT molecular complexity index is 1040. The number of carboxylic acids is 1. The molecule has 11 heteroatoms. The summed E-state index contributed by atoms with van der Waals surface area (Å²) in [6.07, 6.45) is 0.798. The maximum atomic E-state index is 12.8. The summed E-state index contributed by atoms with van der Waals surface area (Å²) in [7, 11) is 0. The van der Waals surface area contributed by atoms with Crippen LogP contribution < -0.4 is 5.32 Å². The third kappa shape index (κ3) is 4.81. The Kier molecular flexibility index (Phi) is 5.39. The molecule has 0 fully saturated rings. The second kappa shape index (κ2) is 7.78. The fraction of sp³-hybridized carbons (Fsp3) is 0.222. The van der Waals surface area contributed by atoms with Crippen LogP contribution in [-0.2, 0) is 17.5 Å². The minimum absolute atomic E-state index is 0.0430. The maximum absolute atomic E-state index is 12.8. The van der Waals surface area contributed by atoms with Crippen molar-refractivity contribution in [2.75, 3.05) is 5.32 Å². The zero-order valence-electron chi connectivity index (χ0n) is 15.1. The lowest BCUT2D eigenvalue weighted by Crippen LogP contribution is -2.23. The van der Waals surface area contributed by atoms with Gasteiger partial charge in [-0.05, 0) is 24.6 Å². The molecular weight excluding hydrogens is 391 g/mol. The molecule has 1 aromatic carbocycles. The molecule has 0 bridgehead atoms. The number of aromatic nitrogens is 4. The maximum Gasteiger partial charge on any atom is 0.416 e. The first-order chi connectivity index (χ1) is 13.6. The number of benzene rings is 1. The van der Waals surface area contributed by atoms with Gasteiger partial charge in [0.05, 0.1) is 35.8 Å². The molecule has 152 valence electrons. The largest absolute Gasteiger partial charge is 0.478 e. The standard InChI is InChI=1S/C18H16F3N5O3/c1-11(26-9-13(6-23-26)17(28)29)16(27)24-15-7-22-25(10-15)8-12-3-2-4-14(5-12)18(19,20)21/h2-7,9-11H,8H2,1H3,(H,24,27)(H,28,29). The quantitative estimate of drug-likeness (QED) is 0.654. The molecule has 0 saturated carbocycles. The molecule has 1 amide bonds. The van der Waals surface area contributed by atoms with E-state index in [1.807, 2.05) is 0 Å². The van der Waals surface area contributed by atoms with E-state index in [0.717, 1.165) is 18.3 Å². The molecule has 1 atom stereocenters. The molecule has 2 N–H and O–H groups in total. The molecule has 0 saturated heterocycles. The van der Waals surface area contributed by atoms with Crippen molar-refractivity contribution in [2.24, 2.45) is 0 Å². The van der Waals surface area contributed by atoms with E-state index in [0.29, 0.717) is 11.3 Å². The lowest BCUT2D eigenvalue weighted by molar-refractivity contribution is -0.137. The predicted octanol–water partition coefficient (Wildman–Crippen LogP) is 3.04. The average molecular weight is 407 g/mol. The van der Waals surface area contributed by atoms with Crippen LogP contribution in [0.4, 0.5) is 18.9 Å². The van der Waals surface area contributed by atoms with Gasteiger partial charge in [-0.1, -0.05) is 12.1 Å². The summed E-state index contributed by atoms with van der Waals surface area (Å²) in [5, 5.41) is 19.4. The Labute approximate surface area is 162 Å². The van der Waals surface area contributed by atoms with Gasteiger partial charge < -0.3 is 10.4 Å². The van der Waals surface area contributed by atoms with Gasteiger partial charge in [-0.2, -0.15) is 23.4 Å². The fourth-order valence-corrected chi connectivity index (χ4v) is 2.57. The van der Waals surface area contributed by atoms with Crippen LogP contribution in [0.1, 0.15) is 34.5 Å². The van der Waals surface area contributed by atoms with Gasteiger partial charge in [-0.3, -0.25) is 14.2 Å². The number of rotatable bonds is 6. The average Bonchev–Trinajstić information content (AvgIpc) is 3.30. The normalized spacial score (nSPS) is 12.6. The molecule has 0 aliphatic rings. The number of alkyl halides is 3. The van der Waals surface area contributed by atoms with Crippen LogP contribution in [0, 0.1) is 0 Å². The van der Waals surface area contributed by atoms with Crippen molar-refractivity contribution in [3.8, 4) is 0 Å². The van der Waals surface area contributed by atoms with E-state index in [1.54, 1.807) is 13.0 Å². The van der Waals surface area contributed by atoms with Gasteiger partial charge in [-0.25, -0.2) is 4.79 Å². The minimum atomic E-state index is -4.43. The zero-order valence-corrected chi connectivity index (χ0v) is 15.1. The fourth-order valence-electron chi connectivity index (χ4n) is 2.57. The Morgan fingerprint density at radius 3 is 2.62 bits per heavy atom. The first kappa shape index (κ1) is 20.1. The summed E-state index contributed by atoms with van der Waals surface area (Å²) in [5.41, 5.74) is -0.0330. The van der Waals surface area contributed by atoms with Gasteiger partial charge >= 0.3 is 12.1 Å². The predicted molar refractivity (Wildman–Crippen MR) is 95.3 cm³/mol. The van der Waals surface area contributed by atoms with Gasteiger partial charge in [0.1, 0.15) is 6.04 Å². The van der Waals surface area contributed by atoms with Gasteiger partial charge in [0, 0.05) is 12.4 Å². The molecule has 2 aromatic heterocycles. The van der Waals surface area contributed by atoms with Crippen LogP contribution in [0.25, 0.3) is 0 Å². The highest BCUT2D eigenvalue weighted by Crippen LogP contribution is 2.29. The first-order valence-corrected chi connectivity index (χ1v) is 8.40. The van der Waals surface area contributed by atoms with E-state index in [9.17, 15) is 22.8 Å². The van der Waals surface area contributed by atoms with E-state index in [-0.39, 0.29) is 12.1 Å². The number of carboxylic acid groups (broad SMARTS) is 1. The highest BCUT2D eigenvalue weighted by Gasteiger charge is 2.30. The third-order valence-corrected chi connectivity index (χ3v) is 4.12. The van der Waals surface area contributed by atoms with Crippen molar-refractivity contribution in [3.63, 3.8) is 0 Å². The minimum Gasteiger partial charge on any atom is -0.478 e. The second-order valence-corrected chi connectivity index (χ2v) is 6.30. The molecule has 0 radical (unpaired) electrons. The molecule has 1 unspecified atom stereocenters. The molecule has 29 heavy (non-hydrogen) atoms. The SMILES string of the molecule is CC(C(=O)Nc1cnn(Cc2cccc(C(F)(F)F)c2)c1)n1cc(C(=O)O)cn1. The first-order valence-electron chi connectivity index (χ1n) is 8.40. The number of anilines is 1. The Balaban J connectivity index is 1.65. The number of carbonyl (C=O) groups is 2. The van der Waals surface area contributed by atoms with Gasteiger partial charge in [0.15, 0.2) is 0 Å². The number of nitrogens with zero attached hydrogens (tertiary/aromatic N) is 4. The van der Waals surface area contributed by atoms with Crippen molar-refractivity contribution in [2.45, 2.75) is 25.7 Å². The number of nitrogens with one attached hydrogen (secondary N) is 1. The molecule has 3 aromatic rings. The summed E-state index contributed by atoms with van der Waals surface area (Å²) in [5.74, 6) is -1.61. The van der Waals surface area contributed by atoms with Crippen molar-refractivity contribution in [1.82, 2.24) is 19.6 Å². The number of hydrogen-bond acceptors (Lipinski definition) is 4. The Morgan fingerprint density at radius 1 is 1.21 bits per heavy atom. The molecular formula is C18H16F3N5O3. The van der Waals surface area contributed by atoms with Crippen LogP contribution in [0.3, 0.4) is 0 Å². The monoisotopic (exact) mass is 407 g/mol. The summed E-state index contributed by atoms with van der Waals surface area (Å²) >= 11 is 0. The highest BCUT2D eigenvalue weighted by atomic mass is 19.4. The van der Waals surface area contributed by atoms with E-state index in [2.05, 4.69) is 15.5 Å². The van der Waals surface area contributed by atoms with Crippen LogP contribution >= 0.6 is 0 Å². The number of hydrogen-bond donors (Lipinski definition) is 2. The summed E-state index contributed by atoms with van der Waals surface area (Å²) in [4.78, 5) is 23.2. The summed E-state index contributed by atoms with van der Waals surface area (Å²) < 4.78 is 41.0. The van der Waals surface area contributed by atoms with Crippen molar-refractivity contribution < 1.29 is 27.9 Å². The van der Waals surface area contributed by atoms with Crippen LogP contribution in [0.2, 0.25) is 0 Å². The van der Waals surface area contributed by atoms with Gasteiger partial charge in [-0.15, -0.1) is 0 Å². The molecule has 0 aliphatic heterocycles.